The van der Waals surface area contributed by atoms with Gasteiger partial charge in [0.25, 0.3) is 5.91 Å². The molecular weight excluding hydrogens is 424 g/mol. The smallest absolute Gasteiger partial charge is 0.256 e. The summed E-state index contributed by atoms with van der Waals surface area (Å²) in [5.74, 6) is 0.333. The fraction of sp³-hybridized carbons (Fsp3) is 0.316. The van der Waals surface area contributed by atoms with Crippen LogP contribution in [0.1, 0.15) is 47.6 Å². The quantitative estimate of drug-likeness (QED) is 0.618. The second-order valence-electron chi connectivity index (χ2n) is 6.70. The van der Waals surface area contributed by atoms with Gasteiger partial charge in [-0.25, -0.2) is 4.98 Å². The number of piperidine rings is 1. The Morgan fingerprint density at radius 2 is 2.04 bits per heavy atom. The number of amides is 1. The van der Waals surface area contributed by atoms with E-state index in [1.54, 1.807) is 18.5 Å². The third kappa shape index (κ3) is 3.31. The van der Waals surface area contributed by atoms with Crippen molar-refractivity contribution in [2.75, 3.05) is 6.54 Å². The third-order valence-electron chi connectivity index (χ3n) is 4.97. The number of aromatic nitrogens is 4. The van der Waals surface area contributed by atoms with Crippen molar-refractivity contribution in [1.29, 1.82) is 5.26 Å². The Labute approximate surface area is 169 Å². The van der Waals surface area contributed by atoms with Crippen molar-refractivity contribution in [2.45, 2.75) is 31.7 Å². The largest absolute Gasteiger partial charge is 0.432 e. The molecule has 9 heteroatoms. The predicted molar refractivity (Wildman–Crippen MR) is 103 cm³/mol. The first-order valence-electron chi connectivity index (χ1n) is 8.91. The number of nitriles is 1. The van der Waals surface area contributed by atoms with Gasteiger partial charge in [-0.1, -0.05) is 12.1 Å². The highest BCUT2D eigenvalue weighted by atomic mass is 79.9. The molecule has 2 unspecified atom stereocenters. The number of benzene rings is 1. The maximum atomic E-state index is 13.4. The van der Waals surface area contributed by atoms with E-state index in [1.165, 1.54) is 4.80 Å². The van der Waals surface area contributed by atoms with E-state index < -0.39 is 0 Å². The molecule has 0 aliphatic carbocycles. The predicted octanol–water partition coefficient (Wildman–Crippen LogP) is 3.30. The number of likely N-dealkylation sites (tertiary alicyclic amines) is 1. The highest BCUT2D eigenvalue weighted by molar-refractivity contribution is 9.10. The van der Waals surface area contributed by atoms with Gasteiger partial charge in [0.05, 0.1) is 29.6 Å². The molecule has 8 nitrogen and oxygen atoms in total. The number of hydrogen-bond donors (Lipinski definition) is 0. The summed E-state index contributed by atoms with van der Waals surface area (Å²) in [6.45, 7) is 2.51. The van der Waals surface area contributed by atoms with E-state index in [0.717, 1.165) is 12.8 Å². The molecule has 0 radical (unpaired) electrons. The van der Waals surface area contributed by atoms with Gasteiger partial charge in [0.2, 0.25) is 10.6 Å². The normalized spacial score (nSPS) is 19.4. The summed E-state index contributed by atoms with van der Waals surface area (Å²) in [6, 6.07) is 9.37. The number of oxazole rings is 1. The molecule has 142 valence electrons. The number of carbonyl (C=O) groups excluding carboxylic acids is 1. The Morgan fingerprint density at radius 1 is 1.29 bits per heavy atom. The number of halogens is 1. The molecule has 1 aliphatic rings. The van der Waals surface area contributed by atoms with Crippen LogP contribution in [0.5, 0.6) is 0 Å². The van der Waals surface area contributed by atoms with Crippen LogP contribution in [-0.2, 0) is 0 Å². The number of rotatable bonds is 3. The molecular formula is C19H17BrN6O2. The molecule has 0 N–H and O–H groups in total. The van der Waals surface area contributed by atoms with Gasteiger partial charge in [-0.15, -0.1) is 0 Å². The van der Waals surface area contributed by atoms with Crippen LogP contribution in [0.2, 0.25) is 0 Å². The number of hydrogen-bond acceptors (Lipinski definition) is 6. The zero-order valence-electron chi connectivity index (χ0n) is 15.1. The van der Waals surface area contributed by atoms with Crippen LogP contribution in [0, 0.1) is 11.3 Å². The molecule has 3 aromatic rings. The molecule has 1 aliphatic heterocycles. The van der Waals surface area contributed by atoms with Crippen LogP contribution in [0.3, 0.4) is 0 Å². The van der Waals surface area contributed by atoms with Gasteiger partial charge in [-0.2, -0.15) is 20.3 Å². The average molecular weight is 441 g/mol. The minimum absolute atomic E-state index is 0.0615. The Bertz CT molecular complexity index is 1040. The molecule has 3 heterocycles. The maximum Gasteiger partial charge on any atom is 0.256 e. The molecule has 1 fully saturated rings. The summed E-state index contributed by atoms with van der Waals surface area (Å²) < 4.78 is 5.95. The Morgan fingerprint density at radius 3 is 2.75 bits per heavy atom. The summed E-state index contributed by atoms with van der Waals surface area (Å²) in [7, 11) is 0. The fourth-order valence-corrected chi connectivity index (χ4v) is 3.82. The Kier molecular flexibility index (Phi) is 4.96. The van der Waals surface area contributed by atoms with Gasteiger partial charge >= 0.3 is 0 Å². The van der Waals surface area contributed by atoms with Crippen LogP contribution < -0.4 is 0 Å². The van der Waals surface area contributed by atoms with Crippen molar-refractivity contribution in [3.63, 3.8) is 0 Å². The first-order chi connectivity index (χ1) is 13.6. The van der Waals surface area contributed by atoms with E-state index >= 15 is 0 Å². The Balaban J connectivity index is 1.63. The van der Waals surface area contributed by atoms with Gasteiger partial charge in [-0.3, -0.25) is 4.79 Å². The van der Waals surface area contributed by atoms with Crippen LogP contribution in [0.4, 0.5) is 0 Å². The first-order valence-corrected chi connectivity index (χ1v) is 9.70. The fourth-order valence-electron chi connectivity index (χ4n) is 3.48. The second-order valence-corrected chi connectivity index (χ2v) is 7.42. The third-order valence-corrected chi connectivity index (χ3v) is 5.51. The summed E-state index contributed by atoms with van der Waals surface area (Å²) >= 11 is 3.22. The summed E-state index contributed by atoms with van der Waals surface area (Å²) in [5.41, 5.74) is 1.40. The van der Waals surface area contributed by atoms with Crippen molar-refractivity contribution in [3.8, 4) is 11.8 Å². The van der Waals surface area contributed by atoms with Crippen molar-refractivity contribution in [2.24, 2.45) is 0 Å². The SMILES string of the molecule is CC1CCC(c2nc(C#N)c(Br)o2)CN1C(=O)c1ccccc1-n1nccn1. The highest BCUT2D eigenvalue weighted by Crippen LogP contribution is 2.33. The molecule has 4 rings (SSSR count). The van der Waals surface area contributed by atoms with Crippen molar-refractivity contribution < 1.29 is 9.21 Å². The number of carbonyl (C=O) groups is 1. The lowest BCUT2D eigenvalue weighted by Crippen LogP contribution is -2.45. The average Bonchev–Trinajstić information content (AvgIpc) is 3.37. The van der Waals surface area contributed by atoms with Gasteiger partial charge in [0, 0.05) is 12.6 Å². The van der Waals surface area contributed by atoms with E-state index in [-0.39, 0.29) is 23.6 Å². The molecule has 0 saturated carbocycles. The van der Waals surface area contributed by atoms with Gasteiger partial charge in [0.15, 0.2) is 5.69 Å². The standard InChI is InChI=1S/C19H17BrN6O2/c1-12-6-7-13(18-24-15(10-21)17(20)28-18)11-25(12)19(27)14-4-2-3-5-16(14)26-22-8-9-23-26/h2-5,8-9,12-13H,6-7,11H2,1H3. The first kappa shape index (κ1) is 18.4. The van der Waals surface area contributed by atoms with Gasteiger partial charge in [0.1, 0.15) is 6.07 Å². The van der Waals surface area contributed by atoms with Crippen LogP contribution in [-0.4, -0.2) is 43.4 Å². The lowest BCUT2D eigenvalue weighted by molar-refractivity contribution is 0.0596. The molecule has 0 bridgehead atoms. The van der Waals surface area contributed by atoms with E-state index in [1.807, 2.05) is 36.1 Å². The zero-order valence-corrected chi connectivity index (χ0v) is 16.7. The van der Waals surface area contributed by atoms with Crippen LogP contribution >= 0.6 is 15.9 Å². The highest BCUT2D eigenvalue weighted by Gasteiger charge is 2.34. The number of nitrogens with zero attached hydrogens (tertiary/aromatic N) is 6. The minimum Gasteiger partial charge on any atom is -0.432 e. The van der Waals surface area contributed by atoms with E-state index in [2.05, 4.69) is 31.1 Å². The number of para-hydroxylation sites is 1. The van der Waals surface area contributed by atoms with E-state index in [0.29, 0.717) is 28.4 Å². The molecule has 2 aromatic heterocycles. The van der Waals surface area contributed by atoms with E-state index in [4.69, 9.17) is 9.68 Å². The second kappa shape index (κ2) is 7.56. The molecule has 1 amide bonds. The van der Waals surface area contributed by atoms with Crippen LogP contribution in [0.15, 0.2) is 45.7 Å². The van der Waals surface area contributed by atoms with E-state index in [9.17, 15) is 4.79 Å². The lowest BCUT2D eigenvalue weighted by atomic mass is 9.92. The minimum atomic E-state index is -0.0868. The summed E-state index contributed by atoms with van der Waals surface area (Å²) in [4.78, 5) is 20.9. The monoisotopic (exact) mass is 440 g/mol. The molecule has 2 atom stereocenters. The van der Waals surface area contributed by atoms with Crippen molar-refractivity contribution in [1.82, 2.24) is 24.9 Å². The Hall–Kier alpha value is -2.99. The zero-order chi connectivity index (χ0) is 19.7. The van der Waals surface area contributed by atoms with Gasteiger partial charge in [-0.05, 0) is 47.8 Å². The topological polar surface area (TPSA) is 101 Å². The van der Waals surface area contributed by atoms with Crippen LogP contribution in [0.25, 0.3) is 5.69 Å². The molecule has 28 heavy (non-hydrogen) atoms. The summed E-state index contributed by atoms with van der Waals surface area (Å²) in [5, 5.41) is 17.4. The molecule has 0 spiro atoms. The maximum absolute atomic E-state index is 13.4. The molecule has 1 aromatic carbocycles. The molecule has 1 saturated heterocycles. The van der Waals surface area contributed by atoms with Gasteiger partial charge < -0.3 is 9.32 Å². The van der Waals surface area contributed by atoms with Crippen molar-refractivity contribution >= 4 is 21.8 Å². The van der Waals surface area contributed by atoms with Crippen molar-refractivity contribution in [3.05, 3.63) is 58.5 Å². The lowest BCUT2D eigenvalue weighted by Gasteiger charge is -2.37. The summed E-state index contributed by atoms with van der Waals surface area (Å²) in [6.07, 6.45) is 4.81.